The summed E-state index contributed by atoms with van der Waals surface area (Å²) in [6, 6.07) is 0.607. The molecule has 0 saturated heterocycles. The second-order valence-electron chi connectivity index (χ2n) is 4.56. The van der Waals surface area contributed by atoms with Crippen LogP contribution in [0.1, 0.15) is 33.6 Å². The monoisotopic (exact) mass is 182 g/mol. The van der Waals surface area contributed by atoms with E-state index in [1.54, 1.807) is 0 Å². The van der Waals surface area contributed by atoms with Crippen LogP contribution in [0.4, 0.5) is 0 Å². The Hall–Kier alpha value is -0.340. The van der Waals surface area contributed by atoms with Crippen LogP contribution in [0.15, 0.2) is 12.2 Å². The van der Waals surface area contributed by atoms with E-state index in [0.29, 0.717) is 18.5 Å². The highest BCUT2D eigenvalue weighted by Gasteiger charge is 2.29. The molecule has 2 heteroatoms. The zero-order valence-electron chi connectivity index (χ0n) is 9.01. The van der Waals surface area contributed by atoms with Crippen molar-refractivity contribution < 1.29 is 0 Å². The summed E-state index contributed by atoms with van der Waals surface area (Å²) in [6.45, 7) is 7.38. The average Bonchev–Trinajstić information content (AvgIpc) is 2.56. The van der Waals surface area contributed by atoms with Crippen LogP contribution < -0.4 is 11.1 Å². The smallest absolute Gasteiger partial charge is 0.0301 e. The van der Waals surface area contributed by atoms with Gasteiger partial charge in [0.15, 0.2) is 0 Å². The first kappa shape index (κ1) is 10.7. The van der Waals surface area contributed by atoms with E-state index in [4.69, 9.17) is 5.73 Å². The van der Waals surface area contributed by atoms with Crippen LogP contribution in [0.2, 0.25) is 0 Å². The summed E-state index contributed by atoms with van der Waals surface area (Å²) >= 11 is 0. The molecule has 0 amide bonds. The molecule has 0 fully saturated rings. The van der Waals surface area contributed by atoms with Crippen LogP contribution in [-0.2, 0) is 0 Å². The molecule has 0 aromatic rings. The van der Waals surface area contributed by atoms with Gasteiger partial charge in [0.2, 0.25) is 0 Å². The molecule has 0 bridgehead atoms. The van der Waals surface area contributed by atoms with Crippen molar-refractivity contribution in [1.82, 2.24) is 5.32 Å². The molecule has 1 aliphatic carbocycles. The molecular formula is C11H22N2. The SMILES string of the molecule is CC(C)C(C)(CN)NC1CC=CC1. The Morgan fingerprint density at radius 3 is 2.38 bits per heavy atom. The Labute approximate surface area is 81.6 Å². The van der Waals surface area contributed by atoms with Crippen molar-refractivity contribution in [2.24, 2.45) is 11.7 Å². The topological polar surface area (TPSA) is 38.0 Å². The number of hydrogen-bond acceptors (Lipinski definition) is 2. The predicted molar refractivity (Wildman–Crippen MR) is 57.6 cm³/mol. The Morgan fingerprint density at radius 2 is 2.00 bits per heavy atom. The molecule has 1 aliphatic rings. The van der Waals surface area contributed by atoms with Crippen LogP contribution >= 0.6 is 0 Å². The summed E-state index contributed by atoms with van der Waals surface area (Å²) in [6.07, 6.45) is 6.80. The lowest BCUT2D eigenvalue weighted by Gasteiger charge is -2.36. The lowest BCUT2D eigenvalue weighted by Crippen LogP contribution is -2.55. The Balaban J connectivity index is 2.47. The highest BCUT2D eigenvalue weighted by molar-refractivity contribution is 5.01. The van der Waals surface area contributed by atoms with Crippen molar-refractivity contribution in [3.05, 3.63) is 12.2 Å². The van der Waals surface area contributed by atoms with Gasteiger partial charge < -0.3 is 11.1 Å². The average molecular weight is 182 g/mol. The Kier molecular flexibility index (Phi) is 3.51. The van der Waals surface area contributed by atoms with Gasteiger partial charge in [0, 0.05) is 18.1 Å². The predicted octanol–water partition coefficient (Wildman–Crippen LogP) is 1.67. The molecule has 0 aliphatic heterocycles. The summed E-state index contributed by atoms with van der Waals surface area (Å²) in [5.41, 5.74) is 5.90. The van der Waals surface area contributed by atoms with E-state index < -0.39 is 0 Å². The third-order valence-corrected chi connectivity index (χ3v) is 3.24. The molecule has 1 rings (SSSR count). The van der Waals surface area contributed by atoms with Gasteiger partial charge >= 0.3 is 0 Å². The second kappa shape index (κ2) is 4.25. The van der Waals surface area contributed by atoms with E-state index in [2.05, 4.69) is 38.2 Å². The first-order valence-electron chi connectivity index (χ1n) is 5.21. The van der Waals surface area contributed by atoms with E-state index >= 15 is 0 Å². The molecule has 0 spiro atoms. The number of nitrogens with one attached hydrogen (secondary N) is 1. The number of rotatable bonds is 4. The van der Waals surface area contributed by atoms with Gasteiger partial charge in [0.25, 0.3) is 0 Å². The minimum atomic E-state index is 0.0939. The van der Waals surface area contributed by atoms with Gasteiger partial charge in [-0.25, -0.2) is 0 Å². The van der Waals surface area contributed by atoms with E-state index in [-0.39, 0.29) is 5.54 Å². The molecule has 1 unspecified atom stereocenters. The standard InChI is InChI=1S/C11H22N2/c1-9(2)11(3,8-12)13-10-6-4-5-7-10/h4-5,9-10,13H,6-8,12H2,1-3H3. The first-order valence-corrected chi connectivity index (χ1v) is 5.21. The maximum Gasteiger partial charge on any atom is 0.0301 e. The van der Waals surface area contributed by atoms with Gasteiger partial charge in [-0.15, -0.1) is 0 Å². The van der Waals surface area contributed by atoms with Crippen molar-refractivity contribution in [1.29, 1.82) is 0 Å². The third kappa shape index (κ3) is 2.55. The first-order chi connectivity index (χ1) is 6.08. The van der Waals surface area contributed by atoms with Crippen molar-refractivity contribution >= 4 is 0 Å². The van der Waals surface area contributed by atoms with Crippen LogP contribution in [0.25, 0.3) is 0 Å². The number of hydrogen-bond donors (Lipinski definition) is 2. The van der Waals surface area contributed by atoms with Crippen molar-refractivity contribution in [2.75, 3.05) is 6.54 Å². The summed E-state index contributed by atoms with van der Waals surface area (Å²) < 4.78 is 0. The highest BCUT2D eigenvalue weighted by atomic mass is 15.0. The molecule has 0 heterocycles. The van der Waals surface area contributed by atoms with Crippen LogP contribution in [-0.4, -0.2) is 18.1 Å². The van der Waals surface area contributed by atoms with E-state index in [1.807, 2.05) is 0 Å². The molecule has 2 nitrogen and oxygen atoms in total. The van der Waals surface area contributed by atoms with E-state index in [0.717, 1.165) is 12.8 Å². The summed E-state index contributed by atoms with van der Waals surface area (Å²) in [4.78, 5) is 0. The summed E-state index contributed by atoms with van der Waals surface area (Å²) in [7, 11) is 0. The van der Waals surface area contributed by atoms with Crippen molar-refractivity contribution in [2.45, 2.75) is 45.2 Å². The molecule has 0 saturated carbocycles. The minimum Gasteiger partial charge on any atom is -0.329 e. The van der Waals surface area contributed by atoms with Crippen LogP contribution in [0, 0.1) is 5.92 Å². The Bertz CT molecular complexity index is 179. The molecule has 0 aromatic carbocycles. The lowest BCUT2D eigenvalue weighted by atomic mass is 9.87. The third-order valence-electron chi connectivity index (χ3n) is 3.24. The van der Waals surface area contributed by atoms with Gasteiger partial charge in [-0.05, 0) is 25.7 Å². The van der Waals surface area contributed by atoms with Crippen LogP contribution in [0.5, 0.6) is 0 Å². The largest absolute Gasteiger partial charge is 0.329 e. The molecule has 0 aromatic heterocycles. The second-order valence-corrected chi connectivity index (χ2v) is 4.56. The maximum atomic E-state index is 5.80. The van der Waals surface area contributed by atoms with Gasteiger partial charge in [-0.2, -0.15) is 0 Å². The summed E-state index contributed by atoms with van der Waals surface area (Å²) in [5, 5.41) is 3.65. The molecule has 76 valence electrons. The van der Waals surface area contributed by atoms with Crippen LogP contribution in [0.3, 0.4) is 0 Å². The van der Waals surface area contributed by atoms with Gasteiger partial charge in [-0.1, -0.05) is 26.0 Å². The quantitative estimate of drug-likeness (QED) is 0.649. The fraction of sp³-hybridized carbons (Fsp3) is 0.818. The fourth-order valence-corrected chi connectivity index (χ4v) is 1.66. The maximum absolute atomic E-state index is 5.80. The highest BCUT2D eigenvalue weighted by Crippen LogP contribution is 2.19. The van der Waals surface area contributed by atoms with Gasteiger partial charge in [0.05, 0.1) is 0 Å². The fourth-order valence-electron chi connectivity index (χ4n) is 1.66. The van der Waals surface area contributed by atoms with E-state index in [9.17, 15) is 0 Å². The molecule has 0 radical (unpaired) electrons. The molecule has 1 atom stereocenters. The van der Waals surface area contributed by atoms with Gasteiger partial charge in [-0.3, -0.25) is 0 Å². The van der Waals surface area contributed by atoms with E-state index in [1.165, 1.54) is 0 Å². The van der Waals surface area contributed by atoms with Crippen molar-refractivity contribution in [3.63, 3.8) is 0 Å². The lowest BCUT2D eigenvalue weighted by molar-refractivity contribution is 0.241. The molecule has 13 heavy (non-hydrogen) atoms. The minimum absolute atomic E-state index is 0.0939. The summed E-state index contributed by atoms with van der Waals surface area (Å²) in [5.74, 6) is 0.582. The number of nitrogens with two attached hydrogens (primary N) is 1. The molecular weight excluding hydrogens is 160 g/mol. The zero-order chi connectivity index (χ0) is 9.90. The van der Waals surface area contributed by atoms with Gasteiger partial charge in [0.1, 0.15) is 0 Å². The Morgan fingerprint density at radius 1 is 1.46 bits per heavy atom. The molecule has 3 N–H and O–H groups in total. The van der Waals surface area contributed by atoms with Crippen molar-refractivity contribution in [3.8, 4) is 0 Å². The zero-order valence-corrected chi connectivity index (χ0v) is 9.01. The normalized spacial score (nSPS) is 22.5.